The molecule has 0 aromatic carbocycles. The van der Waals surface area contributed by atoms with Gasteiger partial charge in [-0.3, -0.25) is 4.99 Å². The highest BCUT2D eigenvalue weighted by atomic mass is 16.5. The molecule has 2 aliphatic heterocycles. The van der Waals surface area contributed by atoms with Crippen LogP contribution in [0, 0.1) is 11.3 Å². The molecule has 1 saturated carbocycles. The molecule has 20 heavy (non-hydrogen) atoms. The van der Waals surface area contributed by atoms with Crippen LogP contribution < -0.4 is 5.32 Å². The largest absolute Gasteiger partial charge is 0.381 e. The Balaban J connectivity index is 1.45. The van der Waals surface area contributed by atoms with E-state index in [1.165, 1.54) is 44.9 Å². The SMILES string of the molecule is CN=C(NCCC1CCCC1)N1CCC2(CCOC2)C1. The average molecular weight is 279 g/mol. The Morgan fingerprint density at radius 3 is 2.90 bits per heavy atom. The summed E-state index contributed by atoms with van der Waals surface area (Å²) in [6.07, 6.45) is 9.54. The Morgan fingerprint density at radius 1 is 1.35 bits per heavy atom. The van der Waals surface area contributed by atoms with E-state index < -0.39 is 0 Å². The molecular weight excluding hydrogens is 250 g/mol. The first-order valence-corrected chi connectivity index (χ1v) is 8.35. The normalized spacial score (nSPS) is 31.6. The Kier molecular flexibility index (Phi) is 4.49. The van der Waals surface area contributed by atoms with Gasteiger partial charge in [0.1, 0.15) is 0 Å². The van der Waals surface area contributed by atoms with Crippen LogP contribution in [0.4, 0.5) is 0 Å². The van der Waals surface area contributed by atoms with E-state index in [1.54, 1.807) is 0 Å². The second-order valence-electron chi connectivity index (χ2n) is 6.89. The lowest BCUT2D eigenvalue weighted by molar-refractivity contribution is 0.156. The van der Waals surface area contributed by atoms with Gasteiger partial charge in [0.2, 0.25) is 0 Å². The average Bonchev–Trinajstić information content (AvgIpc) is 3.19. The molecule has 0 amide bonds. The molecule has 114 valence electrons. The third-order valence-electron chi connectivity index (χ3n) is 5.45. The van der Waals surface area contributed by atoms with Gasteiger partial charge in [0, 0.05) is 38.7 Å². The van der Waals surface area contributed by atoms with Crippen LogP contribution >= 0.6 is 0 Å². The monoisotopic (exact) mass is 279 g/mol. The second-order valence-corrected chi connectivity index (χ2v) is 6.89. The maximum Gasteiger partial charge on any atom is 0.193 e. The van der Waals surface area contributed by atoms with Crippen molar-refractivity contribution >= 4 is 5.96 Å². The fourth-order valence-electron chi connectivity index (χ4n) is 4.11. The van der Waals surface area contributed by atoms with Crippen LogP contribution in [0.3, 0.4) is 0 Å². The van der Waals surface area contributed by atoms with E-state index in [-0.39, 0.29) is 0 Å². The number of likely N-dealkylation sites (tertiary alicyclic amines) is 1. The molecule has 0 bridgehead atoms. The molecule has 0 radical (unpaired) electrons. The molecule has 1 spiro atoms. The van der Waals surface area contributed by atoms with Crippen molar-refractivity contribution < 1.29 is 4.74 Å². The minimum Gasteiger partial charge on any atom is -0.381 e. The predicted octanol–water partition coefficient (Wildman–Crippen LogP) is 2.25. The first kappa shape index (κ1) is 14.2. The lowest BCUT2D eigenvalue weighted by atomic mass is 9.87. The predicted molar refractivity (Wildman–Crippen MR) is 82.0 cm³/mol. The van der Waals surface area contributed by atoms with Crippen molar-refractivity contribution in [1.29, 1.82) is 0 Å². The smallest absolute Gasteiger partial charge is 0.193 e. The molecule has 2 heterocycles. The fourth-order valence-corrected chi connectivity index (χ4v) is 4.11. The molecule has 3 aliphatic rings. The van der Waals surface area contributed by atoms with E-state index in [9.17, 15) is 0 Å². The van der Waals surface area contributed by atoms with Gasteiger partial charge in [-0.05, 0) is 25.2 Å². The molecule has 0 aromatic rings. The zero-order valence-electron chi connectivity index (χ0n) is 12.9. The van der Waals surface area contributed by atoms with Crippen molar-refractivity contribution in [3.63, 3.8) is 0 Å². The van der Waals surface area contributed by atoms with Gasteiger partial charge in [0.25, 0.3) is 0 Å². The van der Waals surface area contributed by atoms with E-state index in [2.05, 4.69) is 15.2 Å². The summed E-state index contributed by atoms with van der Waals surface area (Å²) in [5.41, 5.74) is 0.420. The third-order valence-corrected chi connectivity index (χ3v) is 5.45. The van der Waals surface area contributed by atoms with Crippen LogP contribution in [-0.2, 0) is 4.74 Å². The van der Waals surface area contributed by atoms with Gasteiger partial charge in [-0.15, -0.1) is 0 Å². The van der Waals surface area contributed by atoms with Gasteiger partial charge in [-0.25, -0.2) is 0 Å². The van der Waals surface area contributed by atoms with Crippen LogP contribution in [0.25, 0.3) is 0 Å². The molecule has 3 fully saturated rings. The highest BCUT2D eigenvalue weighted by Gasteiger charge is 2.42. The Morgan fingerprint density at radius 2 is 2.20 bits per heavy atom. The van der Waals surface area contributed by atoms with Crippen LogP contribution in [0.2, 0.25) is 0 Å². The zero-order chi connectivity index (χ0) is 13.8. The topological polar surface area (TPSA) is 36.9 Å². The van der Waals surface area contributed by atoms with Crippen molar-refractivity contribution in [2.24, 2.45) is 16.3 Å². The van der Waals surface area contributed by atoms with Crippen molar-refractivity contribution in [3.05, 3.63) is 0 Å². The molecule has 4 nitrogen and oxygen atoms in total. The fraction of sp³-hybridized carbons (Fsp3) is 0.938. The van der Waals surface area contributed by atoms with Gasteiger partial charge in [0.05, 0.1) is 6.61 Å². The van der Waals surface area contributed by atoms with Gasteiger partial charge in [-0.1, -0.05) is 25.7 Å². The summed E-state index contributed by atoms with van der Waals surface area (Å²) in [6, 6.07) is 0. The number of hydrogen-bond acceptors (Lipinski definition) is 2. The number of rotatable bonds is 3. The first-order chi connectivity index (χ1) is 9.81. The van der Waals surface area contributed by atoms with Crippen molar-refractivity contribution in [2.75, 3.05) is 39.9 Å². The summed E-state index contributed by atoms with van der Waals surface area (Å²) in [7, 11) is 1.91. The van der Waals surface area contributed by atoms with E-state index in [1.807, 2.05) is 7.05 Å². The van der Waals surface area contributed by atoms with Crippen LogP contribution in [0.5, 0.6) is 0 Å². The molecule has 1 atom stereocenters. The standard InChI is InChI=1S/C16H29N3O/c1-17-15(18-9-6-14-4-2-3-5-14)19-10-7-16(12-19)8-11-20-13-16/h14H,2-13H2,1H3,(H,17,18). The number of nitrogens with zero attached hydrogens (tertiary/aromatic N) is 2. The van der Waals surface area contributed by atoms with E-state index >= 15 is 0 Å². The van der Waals surface area contributed by atoms with Gasteiger partial charge < -0.3 is 15.0 Å². The minimum atomic E-state index is 0.420. The van der Waals surface area contributed by atoms with Crippen molar-refractivity contribution in [3.8, 4) is 0 Å². The number of ether oxygens (including phenoxy) is 1. The molecule has 4 heteroatoms. The Bertz CT molecular complexity index is 344. The van der Waals surface area contributed by atoms with Crippen molar-refractivity contribution in [2.45, 2.75) is 44.9 Å². The number of aliphatic imine (C=N–C) groups is 1. The lowest BCUT2D eigenvalue weighted by Crippen LogP contribution is -2.42. The van der Waals surface area contributed by atoms with E-state index in [0.717, 1.165) is 44.7 Å². The molecular formula is C16H29N3O. The number of nitrogens with one attached hydrogen (secondary N) is 1. The molecule has 1 aliphatic carbocycles. The highest BCUT2D eigenvalue weighted by molar-refractivity contribution is 5.80. The summed E-state index contributed by atoms with van der Waals surface area (Å²) >= 11 is 0. The molecule has 1 unspecified atom stereocenters. The molecule has 1 N–H and O–H groups in total. The maximum absolute atomic E-state index is 5.61. The summed E-state index contributed by atoms with van der Waals surface area (Å²) in [5, 5.41) is 3.58. The van der Waals surface area contributed by atoms with Crippen molar-refractivity contribution in [1.82, 2.24) is 10.2 Å². The number of guanidine groups is 1. The van der Waals surface area contributed by atoms with E-state index in [0.29, 0.717) is 5.41 Å². The minimum absolute atomic E-state index is 0.420. The van der Waals surface area contributed by atoms with Crippen LogP contribution in [0.1, 0.15) is 44.9 Å². The Hall–Kier alpha value is -0.770. The summed E-state index contributed by atoms with van der Waals surface area (Å²) in [6.45, 7) is 5.23. The maximum atomic E-state index is 5.61. The summed E-state index contributed by atoms with van der Waals surface area (Å²) in [5.74, 6) is 2.06. The third kappa shape index (κ3) is 3.11. The Labute approximate surface area is 123 Å². The van der Waals surface area contributed by atoms with E-state index in [4.69, 9.17) is 4.74 Å². The summed E-state index contributed by atoms with van der Waals surface area (Å²) in [4.78, 5) is 6.91. The van der Waals surface area contributed by atoms with Crippen LogP contribution in [-0.4, -0.2) is 50.8 Å². The first-order valence-electron chi connectivity index (χ1n) is 8.35. The zero-order valence-corrected chi connectivity index (χ0v) is 12.9. The molecule has 2 saturated heterocycles. The van der Waals surface area contributed by atoms with Gasteiger partial charge in [0.15, 0.2) is 5.96 Å². The second kappa shape index (κ2) is 6.33. The summed E-state index contributed by atoms with van der Waals surface area (Å²) < 4.78 is 5.61. The molecule has 3 rings (SSSR count). The quantitative estimate of drug-likeness (QED) is 0.636. The van der Waals surface area contributed by atoms with Crippen LogP contribution in [0.15, 0.2) is 4.99 Å². The molecule has 0 aromatic heterocycles. The lowest BCUT2D eigenvalue weighted by Gasteiger charge is -2.25. The van der Waals surface area contributed by atoms with Gasteiger partial charge >= 0.3 is 0 Å². The number of hydrogen-bond donors (Lipinski definition) is 1. The van der Waals surface area contributed by atoms with Gasteiger partial charge in [-0.2, -0.15) is 0 Å². The highest BCUT2D eigenvalue weighted by Crippen LogP contribution is 2.38.